The van der Waals surface area contributed by atoms with E-state index >= 15 is 0 Å². The molecule has 0 radical (unpaired) electrons. The predicted octanol–water partition coefficient (Wildman–Crippen LogP) is 4.08. The molecule has 0 aliphatic rings. The molecule has 1 aromatic heterocycles. The lowest BCUT2D eigenvalue weighted by Crippen LogP contribution is -2.26. The molecule has 0 bridgehead atoms. The number of rotatable bonds is 8. The summed E-state index contributed by atoms with van der Waals surface area (Å²) in [6.45, 7) is 8.06. The van der Waals surface area contributed by atoms with Crippen LogP contribution in [0.25, 0.3) is 10.2 Å². The van der Waals surface area contributed by atoms with E-state index in [1.165, 1.54) is 55.8 Å². The maximum atomic E-state index is 11.7. The Morgan fingerprint density at radius 1 is 1.14 bits per heavy atom. The monoisotopic (exact) mass is 342 g/mol. The third-order valence-corrected chi connectivity index (χ3v) is 4.87. The zero-order valence-electron chi connectivity index (χ0n) is 13.8. The van der Waals surface area contributed by atoms with Gasteiger partial charge in [0.2, 0.25) is 0 Å². The van der Waals surface area contributed by atoms with E-state index in [0.717, 1.165) is 16.6 Å². The molecule has 3 nitrogen and oxygen atoms in total. The SMILES string of the molecule is CCCN(CCC)CCCc1ccc2c(c1)sc(=O)n2C.Cl. The number of hydrogen-bond acceptors (Lipinski definition) is 3. The lowest BCUT2D eigenvalue weighted by Gasteiger charge is -2.20. The minimum absolute atomic E-state index is 0. The Morgan fingerprint density at radius 2 is 1.82 bits per heavy atom. The fraction of sp³-hybridized carbons (Fsp3) is 0.588. The number of halogens is 1. The average Bonchev–Trinajstić information content (AvgIpc) is 2.74. The van der Waals surface area contributed by atoms with Gasteiger partial charge in [-0.3, -0.25) is 4.79 Å². The number of fused-ring (bicyclic) bond motifs is 1. The summed E-state index contributed by atoms with van der Waals surface area (Å²) < 4.78 is 2.84. The fourth-order valence-corrected chi connectivity index (χ4v) is 3.75. The number of thiazole rings is 1. The van der Waals surface area contributed by atoms with Gasteiger partial charge in [-0.25, -0.2) is 0 Å². The van der Waals surface area contributed by atoms with Crippen LogP contribution in [0.5, 0.6) is 0 Å². The highest BCUT2D eigenvalue weighted by atomic mass is 35.5. The Morgan fingerprint density at radius 3 is 2.45 bits per heavy atom. The smallest absolute Gasteiger partial charge is 0.303 e. The first-order valence-corrected chi connectivity index (χ1v) is 8.78. The van der Waals surface area contributed by atoms with Gasteiger partial charge in [0.25, 0.3) is 0 Å². The maximum absolute atomic E-state index is 11.7. The summed E-state index contributed by atoms with van der Waals surface area (Å²) in [5, 5.41) is 0. The van der Waals surface area contributed by atoms with Gasteiger partial charge in [0.05, 0.1) is 10.2 Å². The van der Waals surface area contributed by atoms with E-state index in [-0.39, 0.29) is 17.3 Å². The van der Waals surface area contributed by atoms with Crippen molar-refractivity contribution in [1.82, 2.24) is 9.47 Å². The van der Waals surface area contributed by atoms with Crippen molar-refractivity contribution < 1.29 is 0 Å². The first-order chi connectivity index (χ1) is 10.2. The Kier molecular flexibility index (Phi) is 8.15. The van der Waals surface area contributed by atoms with Crippen LogP contribution in [-0.4, -0.2) is 29.1 Å². The third kappa shape index (κ3) is 4.83. The van der Waals surface area contributed by atoms with E-state index in [0.29, 0.717) is 0 Å². The standard InChI is InChI=1S/C17H26N2OS.ClH/c1-4-10-19(11-5-2)12-6-7-14-8-9-15-16(13-14)21-17(20)18(15)3;/h8-9,13H,4-7,10-12H2,1-3H3;1H. The summed E-state index contributed by atoms with van der Waals surface area (Å²) in [5.41, 5.74) is 2.39. The van der Waals surface area contributed by atoms with Crippen molar-refractivity contribution in [2.24, 2.45) is 7.05 Å². The molecule has 0 saturated carbocycles. The van der Waals surface area contributed by atoms with Crippen LogP contribution in [0.1, 0.15) is 38.7 Å². The number of aromatic nitrogens is 1. The van der Waals surface area contributed by atoms with Crippen molar-refractivity contribution in [2.45, 2.75) is 39.5 Å². The predicted molar refractivity (Wildman–Crippen MR) is 99.7 cm³/mol. The molecule has 0 spiro atoms. The Hall–Kier alpha value is -0.840. The van der Waals surface area contributed by atoms with Gasteiger partial charge < -0.3 is 9.47 Å². The lowest BCUT2D eigenvalue weighted by molar-refractivity contribution is 0.271. The highest BCUT2D eigenvalue weighted by molar-refractivity contribution is 7.16. The molecule has 0 unspecified atom stereocenters. The zero-order valence-corrected chi connectivity index (χ0v) is 15.4. The molecule has 0 aliphatic heterocycles. The summed E-state index contributed by atoms with van der Waals surface area (Å²) in [6.07, 6.45) is 4.73. The van der Waals surface area contributed by atoms with E-state index in [2.05, 4.69) is 36.9 Å². The Balaban J connectivity index is 0.00000242. The van der Waals surface area contributed by atoms with E-state index in [1.807, 2.05) is 7.05 Å². The van der Waals surface area contributed by atoms with Crippen LogP contribution in [-0.2, 0) is 13.5 Å². The summed E-state index contributed by atoms with van der Waals surface area (Å²) in [4.78, 5) is 14.4. The quantitative estimate of drug-likeness (QED) is 0.722. The molecule has 1 heterocycles. The first-order valence-electron chi connectivity index (χ1n) is 7.96. The first kappa shape index (κ1) is 19.2. The summed E-state index contributed by atoms with van der Waals surface area (Å²) in [7, 11) is 1.84. The number of hydrogen-bond donors (Lipinski definition) is 0. The summed E-state index contributed by atoms with van der Waals surface area (Å²) >= 11 is 1.35. The van der Waals surface area contributed by atoms with Crippen LogP contribution in [0.3, 0.4) is 0 Å². The molecule has 2 rings (SSSR count). The van der Waals surface area contributed by atoms with E-state index in [1.54, 1.807) is 4.57 Å². The topological polar surface area (TPSA) is 25.2 Å². The molecule has 0 fully saturated rings. The molecule has 5 heteroatoms. The number of aryl methyl sites for hydroxylation is 2. The Labute approximate surface area is 143 Å². The van der Waals surface area contributed by atoms with Gasteiger partial charge in [0.15, 0.2) is 0 Å². The molecule has 0 atom stereocenters. The van der Waals surface area contributed by atoms with Crippen molar-refractivity contribution in [3.63, 3.8) is 0 Å². The van der Waals surface area contributed by atoms with E-state index < -0.39 is 0 Å². The second kappa shape index (κ2) is 9.33. The van der Waals surface area contributed by atoms with Gasteiger partial charge in [-0.2, -0.15) is 0 Å². The molecule has 22 heavy (non-hydrogen) atoms. The molecule has 124 valence electrons. The summed E-state index contributed by atoms with van der Waals surface area (Å²) in [5.74, 6) is 0. The van der Waals surface area contributed by atoms with Crippen LogP contribution in [0, 0.1) is 0 Å². The van der Waals surface area contributed by atoms with E-state index in [9.17, 15) is 4.79 Å². The molecule has 1 aromatic carbocycles. The van der Waals surface area contributed by atoms with Gasteiger partial charge in [0.1, 0.15) is 0 Å². The normalized spacial score (nSPS) is 11.1. The van der Waals surface area contributed by atoms with Crippen LogP contribution < -0.4 is 4.87 Å². The molecule has 0 N–H and O–H groups in total. The van der Waals surface area contributed by atoms with Gasteiger partial charge in [-0.15, -0.1) is 12.4 Å². The molecular formula is C17H27ClN2OS. The van der Waals surface area contributed by atoms with Crippen LogP contribution in [0.2, 0.25) is 0 Å². The second-order valence-corrected chi connectivity index (χ2v) is 6.67. The van der Waals surface area contributed by atoms with Gasteiger partial charge in [0, 0.05) is 7.05 Å². The van der Waals surface area contributed by atoms with E-state index in [4.69, 9.17) is 0 Å². The van der Waals surface area contributed by atoms with Crippen LogP contribution in [0.4, 0.5) is 0 Å². The zero-order chi connectivity index (χ0) is 15.2. The van der Waals surface area contributed by atoms with Crippen molar-refractivity contribution in [2.75, 3.05) is 19.6 Å². The van der Waals surface area contributed by atoms with Crippen molar-refractivity contribution in [1.29, 1.82) is 0 Å². The average molecular weight is 343 g/mol. The highest BCUT2D eigenvalue weighted by Gasteiger charge is 2.06. The molecule has 2 aromatic rings. The second-order valence-electron chi connectivity index (χ2n) is 5.67. The van der Waals surface area contributed by atoms with Crippen molar-refractivity contribution in [3.05, 3.63) is 33.4 Å². The highest BCUT2D eigenvalue weighted by Crippen LogP contribution is 2.19. The fourth-order valence-electron chi connectivity index (χ4n) is 2.81. The number of benzene rings is 1. The van der Waals surface area contributed by atoms with Gasteiger partial charge in [-0.1, -0.05) is 31.3 Å². The maximum Gasteiger partial charge on any atom is 0.307 e. The third-order valence-electron chi connectivity index (χ3n) is 3.88. The van der Waals surface area contributed by atoms with Crippen LogP contribution >= 0.6 is 23.7 Å². The van der Waals surface area contributed by atoms with Gasteiger partial charge >= 0.3 is 4.87 Å². The van der Waals surface area contributed by atoms with Crippen LogP contribution in [0.15, 0.2) is 23.0 Å². The molecule has 0 amide bonds. The largest absolute Gasteiger partial charge is 0.307 e. The molecule has 0 aliphatic carbocycles. The molecule has 0 saturated heterocycles. The summed E-state index contributed by atoms with van der Waals surface area (Å²) in [6, 6.07) is 6.43. The minimum atomic E-state index is 0. The lowest BCUT2D eigenvalue weighted by atomic mass is 10.1. The van der Waals surface area contributed by atoms with Crippen molar-refractivity contribution in [3.8, 4) is 0 Å². The molecular weight excluding hydrogens is 316 g/mol. The minimum Gasteiger partial charge on any atom is -0.303 e. The van der Waals surface area contributed by atoms with Crippen molar-refractivity contribution >= 4 is 34.0 Å². The van der Waals surface area contributed by atoms with Gasteiger partial charge in [-0.05, 0) is 63.0 Å². The Bertz CT molecular complexity index is 629. The number of nitrogens with zero attached hydrogens (tertiary/aromatic N) is 2.